The van der Waals surface area contributed by atoms with Crippen molar-refractivity contribution in [1.29, 1.82) is 0 Å². The molecule has 3 atom stereocenters. The summed E-state index contributed by atoms with van der Waals surface area (Å²) in [6, 6.07) is 9.14. The Bertz CT molecular complexity index is 435. The summed E-state index contributed by atoms with van der Waals surface area (Å²) in [5.74, 6) is 0. The molecule has 2 N–H and O–H groups in total. The molecule has 0 amide bonds. The van der Waals surface area contributed by atoms with Crippen molar-refractivity contribution in [2.45, 2.75) is 57.5 Å². The number of ether oxygens (including phenoxy) is 1. The van der Waals surface area contributed by atoms with Crippen molar-refractivity contribution < 1.29 is 4.74 Å². The maximum absolute atomic E-state index is 6.14. The van der Waals surface area contributed by atoms with Gasteiger partial charge < -0.3 is 4.74 Å². The molecule has 1 fully saturated rings. The number of hydrogen-bond acceptors (Lipinski definition) is 3. The maximum Gasteiger partial charge on any atom is 0.164 e. The highest BCUT2D eigenvalue weighted by molar-refractivity contribution is 5.34. The van der Waals surface area contributed by atoms with Crippen LogP contribution in [-0.2, 0) is 11.2 Å². The van der Waals surface area contributed by atoms with Crippen LogP contribution in [0.2, 0.25) is 0 Å². The third kappa shape index (κ3) is 2.42. The first-order valence-electron chi connectivity index (χ1n) is 7.56. The van der Waals surface area contributed by atoms with Gasteiger partial charge >= 0.3 is 0 Å². The Morgan fingerprint density at radius 3 is 3.00 bits per heavy atom. The van der Waals surface area contributed by atoms with Gasteiger partial charge in [-0.25, -0.2) is 0 Å². The quantitative estimate of drug-likeness (QED) is 0.846. The summed E-state index contributed by atoms with van der Waals surface area (Å²) < 4.78 is 6.02. The van der Waals surface area contributed by atoms with Gasteiger partial charge in [-0.2, -0.15) is 0 Å². The van der Waals surface area contributed by atoms with Gasteiger partial charge in [0.25, 0.3) is 0 Å². The van der Waals surface area contributed by atoms with Gasteiger partial charge in [-0.15, -0.1) is 0 Å². The third-order valence-corrected chi connectivity index (χ3v) is 4.46. The SMILES string of the molecule is CCCCCC1OC(N)N2CCc3ccccc3C12. The van der Waals surface area contributed by atoms with E-state index in [0.29, 0.717) is 6.04 Å². The van der Waals surface area contributed by atoms with Crippen molar-refractivity contribution in [3.05, 3.63) is 35.4 Å². The average Bonchev–Trinajstić information content (AvgIpc) is 2.76. The molecule has 3 nitrogen and oxygen atoms in total. The van der Waals surface area contributed by atoms with E-state index in [-0.39, 0.29) is 12.5 Å². The molecular formula is C16H24N2O. The average molecular weight is 260 g/mol. The summed E-state index contributed by atoms with van der Waals surface area (Å²) in [4.78, 5) is 2.33. The fourth-order valence-corrected chi connectivity index (χ4v) is 3.47. The minimum absolute atomic E-state index is 0.218. The van der Waals surface area contributed by atoms with Crippen LogP contribution in [0.5, 0.6) is 0 Å². The van der Waals surface area contributed by atoms with E-state index in [1.807, 2.05) is 0 Å². The van der Waals surface area contributed by atoms with E-state index in [4.69, 9.17) is 10.5 Å². The van der Waals surface area contributed by atoms with Crippen LogP contribution in [0.3, 0.4) is 0 Å². The van der Waals surface area contributed by atoms with Crippen LogP contribution >= 0.6 is 0 Å². The lowest BCUT2D eigenvalue weighted by molar-refractivity contribution is 0.00216. The predicted molar refractivity (Wildman–Crippen MR) is 76.6 cm³/mol. The predicted octanol–water partition coefficient (Wildman–Crippen LogP) is 2.81. The second kappa shape index (κ2) is 5.61. The Labute approximate surface area is 115 Å². The van der Waals surface area contributed by atoms with E-state index >= 15 is 0 Å². The number of hydrogen-bond donors (Lipinski definition) is 1. The Morgan fingerprint density at radius 1 is 1.32 bits per heavy atom. The molecule has 0 saturated carbocycles. The zero-order chi connectivity index (χ0) is 13.2. The van der Waals surface area contributed by atoms with Crippen molar-refractivity contribution in [3.8, 4) is 0 Å². The first-order valence-corrected chi connectivity index (χ1v) is 7.56. The molecule has 2 aliphatic rings. The van der Waals surface area contributed by atoms with E-state index in [1.54, 1.807) is 0 Å². The molecule has 1 aromatic carbocycles. The highest BCUT2D eigenvalue weighted by Crippen LogP contribution is 2.40. The maximum atomic E-state index is 6.14. The lowest BCUT2D eigenvalue weighted by Gasteiger charge is -2.33. The molecule has 0 aromatic heterocycles. The summed E-state index contributed by atoms with van der Waals surface area (Å²) in [5.41, 5.74) is 9.05. The Balaban J connectivity index is 1.81. The summed E-state index contributed by atoms with van der Waals surface area (Å²) in [6.45, 7) is 3.26. The summed E-state index contributed by atoms with van der Waals surface area (Å²) in [7, 11) is 0. The highest BCUT2D eigenvalue weighted by atomic mass is 16.5. The number of nitrogens with two attached hydrogens (primary N) is 1. The summed E-state index contributed by atoms with van der Waals surface area (Å²) in [6.07, 6.45) is 6.03. The standard InChI is InChI=1S/C16H24N2O/c1-2-3-4-9-14-15-13-8-6-5-7-12(13)10-11-18(15)16(17)19-14/h5-8,14-16H,2-4,9-11,17H2,1H3. The largest absolute Gasteiger partial charge is 0.345 e. The molecule has 0 aliphatic carbocycles. The number of nitrogens with zero attached hydrogens (tertiary/aromatic N) is 1. The first-order chi connectivity index (χ1) is 9.31. The molecule has 0 bridgehead atoms. The van der Waals surface area contributed by atoms with Crippen molar-refractivity contribution >= 4 is 0 Å². The molecule has 0 radical (unpaired) electrons. The molecule has 19 heavy (non-hydrogen) atoms. The molecule has 0 spiro atoms. The normalized spacial score (nSPS) is 30.1. The van der Waals surface area contributed by atoms with Crippen LogP contribution in [0.15, 0.2) is 24.3 Å². The van der Waals surface area contributed by atoms with Gasteiger partial charge in [-0.05, 0) is 24.0 Å². The van der Waals surface area contributed by atoms with Crippen LogP contribution in [0.25, 0.3) is 0 Å². The van der Waals surface area contributed by atoms with Crippen molar-refractivity contribution in [1.82, 2.24) is 4.90 Å². The smallest absolute Gasteiger partial charge is 0.164 e. The van der Waals surface area contributed by atoms with Gasteiger partial charge in [0.1, 0.15) is 0 Å². The molecule has 2 heterocycles. The monoisotopic (exact) mass is 260 g/mol. The Hall–Kier alpha value is -0.900. The molecule has 1 aromatic rings. The second-order valence-corrected chi connectivity index (χ2v) is 5.69. The van der Waals surface area contributed by atoms with Gasteiger partial charge in [0.2, 0.25) is 0 Å². The lowest BCUT2D eigenvalue weighted by Crippen LogP contribution is -2.42. The first kappa shape index (κ1) is 13.1. The van der Waals surface area contributed by atoms with E-state index in [0.717, 1.165) is 19.4 Å². The van der Waals surface area contributed by atoms with E-state index in [1.165, 1.54) is 30.4 Å². The molecule has 104 valence electrons. The van der Waals surface area contributed by atoms with Crippen LogP contribution < -0.4 is 5.73 Å². The van der Waals surface area contributed by atoms with Crippen LogP contribution in [0.4, 0.5) is 0 Å². The Morgan fingerprint density at radius 2 is 2.16 bits per heavy atom. The van der Waals surface area contributed by atoms with Gasteiger partial charge in [-0.1, -0.05) is 50.5 Å². The fraction of sp³-hybridized carbons (Fsp3) is 0.625. The molecule has 1 saturated heterocycles. The second-order valence-electron chi connectivity index (χ2n) is 5.69. The van der Waals surface area contributed by atoms with E-state index in [2.05, 4.69) is 36.1 Å². The van der Waals surface area contributed by atoms with Gasteiger partial charge in [0, 0.05) is 6.54 Å². The highest BCUT2D eigenvalue weighted by Gasteiger charge is 2.43. The number of unbranched alkanes of at least 4 members (excludes halogenated alkanes) is 2. The van der Waals surface area contributed by atoms with Crippen molar-refractivity contribution in [2.24, 2.45) is 5.73 Å². The lowest BCUT2D eigenvalue weighted by atomic mass is 9.88. The molecule has 2 aliphatic heterocycles. The van der Waals surface area contributed by atoms with Gasteiger partial charge in [-0.3, -0.25) is 10.6 Å². The summed E-state index contributed by atoms with van der Waals surface area (Å²) >= 11 is 0. The third-order valence-electron chi connectivity index (χ3n) is 4.46. The van der Waals surface area contributed by atoms with E-state index < -0.39 is 0 Å². The zero-order valence-electron chi connectivity index (χ0n) is 11.7. The minimum atomic E-state index is -0.218. The van der Waals surface area contributed by atoms with Crippen LogP contribution in [0, 0.1) is 0 Å². The van der Waals surface area contributed by atoms with Crippen molar-refractivity contribution in [3.63, 3.8) is 0 Å². The molecular weight excluding hydrogens is 236 g/mol. The number of fused-ring (bicyclic) bond motifs is 3. The van der Waals surface area contributed by atoms with Crippen LogP contribution in [0.1, 0.15) is 49.8 Å². The van der Waals surface area contributed by atoms with Gasteiger partial charge in [0.05, 0.1) is 12.1 Å². The van der Waals surface area contributed by atoms with Gasteiger partial charge in [0.15, 0.2) is 6.35 Å². The number of rotatable bonds is 4. The topological polar surface area (TPSA) is 38.5 Å². The molecule has 3 rings (SSSR count). The fourth-order valence-electron chi connectivity index (χ4n) is 3.47. The molecule has 3 unspecified atom stereocenters. The zero-order valence-corrected chi connectivity index (χ0v) is 11.7. The molecule has 3 heteroatoms. The summed E-state index contributed by atoms with van der Waals surface area (Å²) in [5, 5.41) is 0. The van der Waals surface area contributed by atoms with Crippen molar-refractivity contribution in [2.75, 3.05) is 6.54 Å². The van der Waals surface area contributed by atoms with Crippen LogP contribution in [-0.4, -0.2) is 23.9 Å². The number of benzene rings is 1. The Kier molecular flexibility index (Phi) is 3.87. The van der Waals surface area contributed by atoms with E-state index in [9.17, 15) is 0 Å². The minimum Gasteiger partial charge on any atom is -0.345 e.